The maximum absolute atomic E-state index is 12.4. The molecule has 0 bridgehead atoms. The summed E-state index contributed by atoms with van der Waals surface area (Å²) in [5.41, 5.74) is 3.35. The summed E-state index contributed by atoms with van der Waals surface area (Å²) >= 11 is 0. The number of para-hydroxylation sites is 1. The molecule has 2 atom stereocenters. The Hall–Kier alpha value is -2.71. The summed E-state index contributed by atoms with van der Waals surface area (Å²) in [5, 5.41) is 2.75. The lowest BCUT2D eigenvalue weighted by atomic mass is 10.1. The number of hydrogen-bond donors (Lipinski definition) is 2. The topological polar surface area (TPSA) is 102 Å². The maximum Gasteiger partial charge on any atom is 0.324 e. The van der Waals surface area contributed by atoms with E-state index < -0.39 is 34.0 Å². The number of amides is 1. The minimum atomic E-state index is -3.89. The van der Waals surface area contributed by atoms with E-state index >= 15 is 0 Å². The van der Waals surface area contributed by atoms with Gasteiger partial charge in [0.2, 0.25) is 10.0 Å². The van der Waals surface area contributed by atoms with Crippen LogP contribution < -0.4 is 10.0 Å². The second kappa shape index (κ2) is 9.19. The molecule has 0 aliphatic heterocycles. The Kier molecular flexibility index (Phi) is 7.16. The molecule has 7 nitrogen and oxygen atoms in total. The number of rotatable bonds is 7. The van der Waals surface area contributed by atoms with E-state index in [-0.39, 0.29) is 4.90 Å². The fourth-order valence-corrected chi connectivity index (χ4v) is 3.82. The SMILES string of the molecule is Cc1ccc(S(=O)(=O)N[C@@H](C)C(=O)O[C@H](C)C(=O)Nc2c(C)cccc2C)cc1. The smallest absolute Gasteiger partial charge is 0.324 e. The number of benzene rings is 2. The van der Waals surface area contributed by atoms with Crippen LogP contribution in [0, 0.1) is 20.8 Å². The molecule has 2 N–H and O–H groups in total. The third kappa shape index (κ3) is 5.88. The standard InChI is InChI=1S/C21H26N2O5S/c1-13-9-11-18(12-10-13)29(26,27)23-16(4)21(25)28-17(5)20(24)22-19-14(2)7-6-8-15(19)3/h6-12,16-17,23H,1-5H3,(H,22,24)/t16-,17+/m0/s1. The summed E-state index contributed by atoms with van der Waals surface area (Å²) in [7, 11) is -3.89. The van der Waals surface area contributed by atoms with E-state index in [0.29, 0.717) is 5.69 Å². The zero-order chi connectivity index (χ0) is 21.8. The number of carbonyl (C=O) groups excluding carboxylic acids is 2. The first-order valence-electron chi connectivity index (χ1n) is 9.18. The van der Waals surface area contributed by atoms with Crippen LogP contribution in [-0.2, 0) is 24.3 Å². The second-order valence-electron chi connectivity index (χ2n) is 6.99. The summed E-state index contributed by atoms with van der Waals surface area (Å²) in [6, 6.07) is 10.7. The first kappa shape index (κ1) is 22.6. The van der Waals surface area contributed by atoms with E-state index in [1.165, 1.54) is 26.0 Å². The molecule has 8 heteroatoms. The van der Waals surface area contributed by atoms with Crippen molar-refractivity contribution in [2.45, 2.75) is 51.7 Å². The Morgan fingerprint density at radius 3 is 2.03 bits per heavy atom. The molecule has 0 fully saturated rings. The van der Waals surface area contributed by atoms with Crippen LogP contribution in [-0.4, -0.2) is 32.4 Å². The first-order chi connectivity index (χ1) is 13.5. The molecule has 0 aromatic heterocycles. The van der Waals surface area contributed by atoms with Gasteiger partial charge in [-0.15, -0.1) is 0 Å². The molecule has 156 valence electrons. The van der Waals surface area contributed by atoms with E-state index in [1.807, 2.05) is 39.0 Å². The summed E-state index contributed by atoms with van der Waals surface area (Å²) < 4.78 is 32.2. The van der Waals surface area contributed by atoms with Gasteiger partial charge < -0.3 is 10.1 Å². The number of ether oxygens (including phenoxy) is 1. The molecule has 0 heterocycles. The molecule has 2 aromatic carbocycles. The normalized spacial score (nSPS) is 13.4. The average molecular weight is 419 g/mol. The van der Waals surface area contributed by atoms with Gasteiger partial charge in [-0.05, 0) is 57.9 Å². The van der Waals surface area contributed by atoms with Gasteiger partial charge in [0.25, 0.3) is 5.91 Å². The van der Waals surface area contributed by atoms with Gasteiger partial charge >= 0.3 is 5.97 Å². The van der Waals surface area contributed by atoms with Crippen LogP contribution in [0.25, 0.3) is 0 Å². The van der Waals surface area contributed by atoms with Crippen molar-refractivity contribution in [2.75, 3.05) is 5.32 Å². The van der Waals surface area contributed by atoms with Crippen LogP contribution in [0.5, 0.6) is 0 Å². The average Bonchev–Trinajstić information content (AvgIpc) is 2.64. The van der Waals surface area contributed by atoms with Crippen molar-refractivity contribution in [3.8, 4) is 0 Å². The van der Waals surface area contributed by atoms with Gasteiger partial charge in [-0.3, -0.25) is 9.59 Å². The third-order valence-corrected chi connectivity index (χ3v) is 5.96. The van der Waals surface area contributed by atoms with Gasteiger partial charge in [0.05, 0.1) is 4.90 Å². The Morgan fingerprint density at radius 2 is 1.48 bits per heavy atom. The number of hydrogen-bond acceptors (Lipinski definition) is 5. The largest absolute Gasteiger partial charge is 0.451 e. The van der Waals surface area contributed by atoms with E-state index in [4.69, 9.17) is 4.74 Å². The molecule has 0 saturated heterocycles. The second-order valence-corrected chi connectivity index (χ2v) is 8.71. The summed E-state index contributed by atoms with van der Waals surface area (Å²) in [5.74, 6) is -1.34. The van der Waals surface area contributed by atoms with Crippen LogP contribution in [0.15, 0.2) is 47.4 Å². The molecular weight excluding hydrogens is 392 g/mol. The highest BCUT2D eigenvalue weighted by Crippen LogP contribution is 2.20. The van der Waals surface area contributed by atoms with Gasteiger partial charge in [0.1, 0.15) is 6.04 Å². The molecular formula is C21H26N2O5S. The first-order valence-corrected chi connectivity index (χ1v) is 10.7. The zero-order valence-corrected chi connectivity index (χ0v) is 18.0. The number of nitrogens with one attached hydrogen (secondary N) is 2. The molecule has 0 spiro atoms. The molecule has 2 aromatic rings. The van der Waals surface area contributed by atoms with Crippen molar-refractivity contribution in [3.63, 3.8) is 0 Å². The van der Waals surface area contributed by atoms with Crippen LogP contribution >= 0.6 is 0 Å². The minimum absolute atomic E-state index is 0.0450. The van der Waals surface area contributed by atoms with Gasteiger partial charge in [0, 0.05) is 5.69 Å². The van der Waals surface area contributed by atoms with E-state index in [9.17, 15) is 18.0 Å². The predicted molar refractivity (Wildman–Crippen MR) is 111 cm³/mol. The van der Waals surface area contributed by atoms with Gasteiger partial charge in [-0.2, -0.15) is 4.72 Å². The Bertz CT molecular complexity index is 980. The number of aryl methyl sites for hydroxylation is 3. The lowest BCUT2D eigenvalue weighted by molar-refractivity contribution is -0.154. The van der Waals surface area contributed by atoms with Crippen molar-refractivity contribution in [1.82, 2.24) is 4.72 Å². The van der Waals surface area contributed by atoms with Crippen molar-refractivity contribution in [2.24, 2.45) is 0 Å². The van der Waals surface area contributed by atoms with Crippen molar-refractivity contribution < 1.29 is 22.7 Å². The zero-order valence-electron chi connectivity index (χ0n) is 17.1. The maximum atomic E-state index is 12.4. The van der Waals surface area contributed by atoms with Crippen molar-refractivity contribution in [3.05, 3.63) is 59.2 Å². The summed E-state index contributed by atoms with van der Waals surface area (Å²) in [4.78, 5) is 24.7. The van der Waals surface area contributed by atoms with Crippen molar-refractivity contribution in [1.29, 1.82) is 0 Å². The number of esters is 1. The van der Waals surface area contributed by atoms with Crippen LogP contribution in [0.1, 0.15) is 30.5 Å². The molecule has 29 heavy (non-hydrogen) atoms. The van der Waals surface area contributed by atoms with E-state index in [1.54, 1.807) is 12.1 Å². The summed E-state index contributed by atoms with van der Waals surface area (Å²) in [6.07, 6.45) is -1.09. The van der Waals surface area contributed by atoms with E-state index in [0.717, 1.165) is 16.7 Å². The van der Waals surface area contributed by atoms with Crippen LogP contribution in [0.3, 0.4) is 0 Å². The highest BCUT2D eigenvalue weighted by molar-refractivity contribution is 7.89. The molecule has 0 radical (unpaired) electrons. The summed E-state index contributed by atoms with van der Waals surface area (Å²) in [6.45, 7) is 8.36. The van der Waals surface area contributed by atoms with Gasteiger partial charge in [-0.1, -0.05) is 35.9 Å². The Balaban J connectivity index is 1.99. The highest BCUT2D eigenvalue weighted by atomic mass is 32.2. The predicted octanol–water partition coefficient (Wildman–Crippen LogP) is 2.85. The fourth-order valence-electron chi connectivity index (χ4n) is 2.63. The third-order valence-electron chi connectivity index (χ3n) is 4.41. The monoisotopic (exact) mass is 418 g/mol. The highest BCUT2D eigenvalue weighted by Gasteiger charge is 2.26. The molecule has 0 aliphatic carbocycles. The van der Waals surface area contributed by atoms with Crippen LogP contribution in [0.2, 0.25) is 0 Å². The number of anilines is 1. The number of carbonyl (C=O) groups is 2. The molecule has 1 amide bonds. The molecule has 2 rings (SSSR count). The fraction of sp³-hybridized carbons (Fsp3) is 0.333. The Labute approximate surface area is 171 Å². The quantitative estimate of drug-likeness (QED) is 0.673. The van der Waals surface area contributed by atoms with Gasteiger partial charge in [-0.25, -0.2) is 8.42 Å². The van der Waals surface area contributed by atoms with E-state index in [2.05, 4.69) is 10.0 Å². The minimum Gasteiger partial charge on any atom is -0.451 e. The Morgan fingerprint density at radius 1 is 0.931 bits per heavy atom. The van der Waals surface area contributed by atoms with Gasteiger partial charge in [0.15, 0.2) is 6.10 Å². The van der Waals surface area contributed by atoms with Crippen molar-refractivity contribution >= 4 is 27.6 Å². The molecule has 0 aliphatic rings. The lowest BCUT2D eigenvalue weighted by Gasteiger charge is -2.19. The lowest BCUT2D eigenvalue weighted by Crippen LogP contribution is -2.42. The molecule has 0 unspecified atom stereocenters. The number of sulfonamides is 1. The molecule has 0 saturated carbocycles. The van der Waals surface area contributed by atoms with Crippen LogP contribution in [0.4, 0.5) is 5.69 Å².